The van der Waals surface area contributed by atoms with E-state index in [1.807, 2.05) is 0 Å². The van der Waals surface area contributed by atoms with Crippen molar-refractivity contribution in [1.29, 1.82) is 0 Å². The Balaban J connectivity index is 3.23. The molecule has 0 spiro atoms. The van der Waals surface area contributed by atoms with Gasteiger partial charge in [0.1, 0.15) is 0 Å². The van der Waals surface area contributed by atoms with Crippen LogP contribution in [0.1, 0.15) is 23.2 Å². The second-order valence-corrected chi connectivity index (χ2v) is 2.70. The number of rotatable bonds is 3. The molecule has 0 aliphatic rings. The largest absolute Gasteiger partial charge is 0.490 e. The number of halogens is 3. The predicted octanol–water partition coefficient (Wildman–Crippen LogP) is 0.993. The predicted molar refractivity (Wildman–Crippen MR) is 46.7 cm³/mol. The van der Waals surface area contributed by atoms with Crippen molar-refractivity contribution in [3.05, 3.63) is 17.7 Å². The number of carbonyl (C=O) groups is 1. The van der Waals surface area contributed by atoms with Gasteiger partial charge in [0.05, 0.1) is 12.8 Å². The number of nitrogens with zero attached hydrogens (tertiary/aromatic N) is 2. The number of ether oxygens (including phenoxy) is 1. The molecular weight excluding hydrogens is 227 g/mol. The summed E-state index contributed by atoms with van der Waals surface area (Å²) in [6.07, 6.45) is -3.95. The van der Waals surface area contributed by atoms with Gasteiger partial charge >= 0.3 is 6.18 Å². The lowest BCUT2D eigenvalue weighted by molar-refractivity contribution is -0.145. The standard InChI is InChI=1S/C8H8F3N3O2/c1-2-16-4-3-13-7(8(9,10)11)14-5(4)6(12)15/h3H,2H2,1H3,(H2,12,15). The van der Waals surface area contributed by atoms with Gasteiger partial charge in [0, 0.05) is 0 Å². The minimum Gasteiger partial charge on any atom is -0.490 e. The highest BCUT2D eigenvalue weighted by Gasteiger charge is 2.35. The molecule has 5 nitrogen and oxygen atoms in total. The molecule has 0 fully saturated rings. The van der Waals surface area contributed by atoms with Crippen LogP contribution in [0.15, 0.2) is 6.20 Å². The maximum absolute atomic E-state index is 12.2. The van der Waals surface area contributed by atoms with Crippen molar-refractivity contribution in [3.63, 3.8) is 0 Å². The van der Waals surface area contributed by atoms with Crippen molar-refractivity contribution in [2.24, 2.45) is 5.73 Å². The van der Waals surface area contributed by atoms with E-state index in [1.54, 1.807) is 6.92 Å². The Morgan fingerprint density at radius 2 is 2.19 bits per heavy atom. The molecule has 0 saturated heterocycles. The van der Waals surface area contributed by atoms with Crippen LogP contribution in [0.4, 0.5) is 13.2 Å². The van der Waals surface area contributed by atoms with Crippen LogP contribution in [0, 0.1) is 0 Å². The molecule has 8 heteroatoms. The van der Waals surface area contributed by atoms with Gasteiger partial charge in [0.25, 0.3) is 5.91 Å². The Morgan fingerprint density at radius 3 is 2.62 bits per heavy atom. The van der Waals surface area contributed by atoms with Gasteiger partial charge in [-0.25, -0.2) is 9.97 Å². The zero-order chi connectivity index (χ0) is 12.3. The topological polar surface area (TPSA) is 78.1 Å². The van der Waals surface area contributed by atoms with Gasteiger partial charge in [0.15, 0.2) is 11.4 Å². The minimum absolute atomic E-state index is 0.162. The average molecular weight is 235 g/mol. The lowest BCUT2D eigenvalue weighted by atomic mass is 10.3. The lowest BCUT2D eigenvalue weighted by Crippen LogP contribution is -2.20. The molecule has 0 aliphatic heterocycles. The zero-order valence-electron chi connectivity index (χ0n) is 8.21. The lowest BCUT2D eigenvalue weighted by Gasteiger charge is -2.09. The summed E-state index contributed by atoms with van der Waals surface area (Å²) in [6, 6.07) is 0. The van der Waals surface area contributed by atoms with E-state index in [0.717, 1.165) is 6.20 Å². The van der Waals surface area contributed by atoms with Crippen molar-refractivity contribution in [2.45, 2.75) is 13.1 Å². The molecule has 0 bridgehead atoms. The first-order valence-corrected chi connectivity index (χ1v) is 4.23. The number of aromatic nitrogens is 2. The summed E-state index contributed by atoms with van der Waals surface area (Å²) in [5.74, 6) is -2.69. The van der Waals surface area contributed by atoms with Crippen LogP contribution in [0.3, 0.4) is 0 Å². The number of carbonyl (C=O) groups excluding carboxylic acids is 1. The Labute approximate surface area is 88.4 Å². The fourth-order valence-corrected chi connectivity index (χ4v) is 0.945. The van der Waals surface area contributed by atoms with E-state index in [9.17, 15) is 18.0 Å². The Bertz CT molecular complexity index is 406. The maximum atomic E-state index is 12.2. The summed E-state index contributed by atoms with van der Waals surface area (Å²) in [6.45, 7) is 1.76. The number of amides is 1. The molecule has 0 aliphatic carbocycles. The van der Waals surface area contributed by atoms with Crippen molar-refractivity contribution < 1.29 is 22.7 Å². The Morgan fingerprint density at radius 1 is 1.56 bits per heavy atom. The van der Waals surface area contributed by atoms with Crippen LogP contribution in [0.5, 0.6) is 5.75 Å². The molecule has 1 amide bonds. The van der Waals surface area contributed by atoms with Gasteiger partial charge in [0.2, 0.25) is 5.82 Å². The van der Waals surface area contributed by atoms with Crippen LogP contribution >= 0.6 is 0 Å². The van der Waals surface area contributed by atoms with Gasteiger partial charge in [-0.15, -0.1) is 0 Å². The number of alkyl halides is 3. The van der Waals surface area contributed by atoms with Crippen LogP contribution in [-0.4, -0.2) is 22.5 Å². The average Bonchev–Trinajstić information content (AvgIpc) is 2.16. The Hall–Kier alpha value is -1.86. The maximum Gasteiger partial charge on any atom is 0.451 e. The first-order chi connectivity index (χ1) is 7.36. The van der Waals surface area contributed by atoms with Crippen LogP contribution in [-0.2, 0) is 6.18 Å². The number of nitrogens with two attached hydrogens (primary N) is 1. The van der Waals surface area contributed by atoms with E-state index in [4.69, 9.17) is 10.5 Å². The molecule has 88 valence electrons. The molecule has 2 N–H and O–H groups in total. The molecular formula is C8H8F3N3O2. The highest BCUT2D eigenvalue weighted by atomic mass is 19.4. The molecule has 1 aromatic rings. The molecule has 0 unspecified atom stereocenters. The quantitative estimate of drug-likeness (QED) is 0.847. The van der Waals surface area contributed by atoms with Gasteiger partial charge < -0.3 is 10.5 Å². The molecule has 0 aromatic carbocycles. The first-order valence-electron chi connectivity index (χ1n) is 4.23. The highest BCUT2D eigenvalue weighted by Crippen LogP contribution is 2.27. The summed E-state index contributed by atoms with van der Waals surface area (Å²) in [4.78, 5) is 16.9. The van der Waals surface area contributed by atoms with E-state index in [-0.39, 0.29) is 12.4 Å². The molecule has 0 saturated carbocycles. The van der Waals surface area contributed by atoms with Gasteiger partial charge in [-0.2, -0.15) is 13.2 Å². The number of primary amides is 1. The normalized spacial score (nSPS) is 11.2. The SMILES string of the molecule is CCOc1cnc(C(F)(F)F)nc1C(N)=O. The number of hydrogen-bond donors (Lipinski definition) is 1. The molecule has 1 heterocycles. The van der Waals surface area contributed by atoms with Gasteiger partial charge in [-0.05, 0) is 6.92 Å². The molecule has 1 rings (SSSR count). The second-order valence-electron chi connectivity index (χ2n) is 2.70. The minimum atomic E-state index is -4.73. The third-order valence-electron chi connectivity index (χ3n) is 1.54. The van der Waals surface area contributed by atoms with Crippen molar-refractivity contribution in [1.82, 2.24) is 9.97 Å². The summed E-state index contributed by atoms with van der Waals surface area (Å²) in [5.41, 5.74) is 4.30. The smallest absolute Gasteiger partial charge is 0.451 e. The summed E-state index contributed by atoms with van der Waals surface area (Å²) in [5, 5.41) is 0. The van der Waals surface area contributed by atoms with E-state index >= 15 is 0 Å². The Kier molecular flexibility index (Phi) is 3.31. The van der Waals surface area contributed by atoms with Crippen LogP contribution in [0.2, 0.25) is 0 Å². The van der Waals surface area contributed by atoms with E-state index in [1.165, 1.54) is 0 Å². The third-order valence-corrected chi connectivity index (χ3v) is 1.54. The third kappa shape index (κ3) is 2.59. The summed E-state index contributed by atoms with van der Waals surface area (Å²) in [7, 11) is 0. The van der Waals surface area contributed by atoms with Crippen LogP contribution in [0.25, 0.3) is 0 Å². The highest BCUT2D eigenvalue weighted by molar-refractivity contribution is 5.93. The first kappa shape index (κ1) is 12.2. The molecule has 0 radical (unpaired) electrons. The molecule has 1 aromatic heterocycles. The van der Waals surface area contributed by atoms with Gasteiger partial charge in [-0.1, -0.05) is 0 Å². The van der Waals surface area contributed by atoms with Gasteiger partial charge in [-0.3, -0.25) is 4.79 Å². The summed E-state index contributed by atoms with van der Waals surface area (Å²) >= 11 is 0. The molecule has 16 heavy (non-hydrogen) atoms. The van der Waals surface area contributed by atoms with Crippen molar-refractivity contribution in [3.8, 4) is 5.75 Å². The van der Waals surface area contributed by atoms with E-state index < -0.39 is 23.6 Å². The van der Waals surface area contributed by atoms with E-state index in [2.05, 4.69) is 9.97 Å². The summed E-state index contributed by atoms with van der Waals surface area (Å²) < 4.78 is 41.6. The number of hydrogen-bond acceptors (Lipinski definition) is 4. The molecule has 0 atom stereocenters. The second kappa shape index (κ2) is 4.33. The fraction of sp³-hybridized carbons (Fsp3) is 0.375. The van der Waals surface area contributed by atoms with Crippen molar-refractivity contribution in [2.75, 3.05) is 6.61 Å². The zero-order valence-corrected chi connectivity index (χ0v) is 8.21. The monoisotopic (exact) mass is 235 g/mol. The fourth-order valence-electron chi connectivity index (χ4n) is 0.945. The van der Waals surface area contributed by atoms with Crippen LogP contribution < -0.4 is 10.5 Å². The van der Waals surface area contributed by atoms with Crippen molar-refractivity contribution >= 4 is 5.91 Å². The van der Waals surface area contributed by atoms with E-state index in [0.29, 0.717) is 0 Å².